The van der Waals surface area contributed by atoms with Crippen molar-refractivity contribution >= 4 is 10.8 Å². The average molecular weight is 441 g/mol. The van der Waals surface area contributed by atoms with Crippen LogP contribution in [0.4, 0.5) is 8.78 Å². The Labute approximate surface area is 192 Å². The number of hydrogen-bond donors (Lipinski definition) is 0. The van der Waals surface area contributed by atoms with Crippen molar-refractivity contribution in [2.24, 2.45) is 17.8 Å². The smallest absolute Gasteiger partial charge is 0.201 e. The lowest BCUT2D eigenvalue weighted by molar-refractivity contribution is 0.113. The predicted octanol–water partition coefficient (Wildman–Crippen LogP) is 8.95. The second-order valence-corrected chi connectivity index (χ2v) is 10.1. The van der Waals surface area contributed by atoms with E-state index in [0.717, 1.165) is 17.8 Å². The van der Waals surface area contributed by atoms with Crippen LogP contribution in [0.5, 0.6) is 5.75 Å². The van der Waals surface area contributed by atoms with Gasteiger partial charge < -0.3 is 4.74 Å². The van der Waals surface area contributed by atoms with Gasteiger partial charge in [-0.2, -0.15) is 4.39 Å². The Morgan fingerprint density at radius 1 is 0.969 bits per heavy atom. The molecule has 2 aliphatic rings. The third-order valence-corrected chi connectivity index (χ3v) is 7.99. The number of ether oxygens (including phenoxy) is 1. The molecule has 2 unspecified atom stereocenters. The Hall–Kier alpha value is -1.90. The van der Waals surface area contributed by atoms with E-state index in [1.54, 1.807) is 12.1 Å². The summed E-state index contributed by atoms with van der Waals surface area (Å²) in [5.41, 5.74) is 1.17. The van der Waals surface area contributed by atoms with Gasteiger partial charge in [-0.1, -0.05) is 63.3 Å². The van der Waals surface area contributed by atoms with Gasteiger partial charge in [-0.15, -0.1) is 0 Å². The van der Waals surface area contributed by atoms with E-state index in [4.69, 9.17) is 4.74 Å². The van der Waals surface area contributed by atoms with Gasteiger partial charge in [0.25, 0.3) is 0 Å². The number of hydrogen-bond acceptors (Lipinski definition) is 1. The zero-order chi connectivity index (χ0) is 22.5. The van der Waals surface area contributed by atoms with Crippen LogP contribution < -0.4 is 4.74 Å². The van der Waals surface area contributed by atoms with Crippen molar-refractivity contribution in [3.8, 4) is 5.75 Å². The molecule has 0 heterocycles. The maximum absolute atomic E-state index is 14.9. The highest BCUT2D eigenvalue weighted by atomic mass is 19.2. The van der Waals surface area contributed by atoms with Gasteiger partial charge in [-0.3, -0.25) is 0 Å². The minimum Gasteiger partial charge on any atom is -0.486 e. The van der Waals surface area contributed by atoms with Crippen molar-refractivity contribution in [3.05, 3.63) is 53.6 Å². The molecule has 0 amide bonds. The van der Waals surface area contributed by atoms with E-state index >= 15 is 0 Å². The molecule has 2 fully saturated rings. The summed E-state index contributed by atoms with van der Waals surface area (Å²) in [6.07, 6.45) is 16.9. The van der Waals surface area contributed by atoms with Crippen LogP contribution in [-0.4, -0.2) is 6.61 Å². The van der Waals surface area contributed by atoms with Crippen LogP contribution in [0.25, 0.3) is 10.8 Å². The molecule has 0 bridgehead atoms. The first-order chi connectivity index (χ1) is 15.6. The van der Waals surface area contributed by atoms with Gasteiger partial charge >= 0.3 is 0 Å². The molecule has 4 rings (SSSR count). The van der Waals surface area contributed by atoms with Crippen molar-refractivity contribution in [1.29, 1.82) is 0 Å². The van der Waals surface area contributed by atoms with Crippen LogP contribution in [0.2, 0.25) is 0 Å². The molecular weight excluding hydrogens is 402 g/mol. The van der Waals surface area contributed by atoms with Gasteiger partial charge in [-0.05, 0) is 85.8 Å². The Balaban J connectivity index is 1.44. The summed E-state index contributed by atoms with van der Waals surface area (Å²) in [4.78, 5) is 0. The molecule has 32 heavy (non-hydrogen) atoms. The van der Waals surface area contributed by atoms with Crippen LogP contribution in [-0.2, 0) is 0 Å². The zero-order valence-electron chi connectivity index (χ0n) is 19.7. The zero-order valence-corrected chi connectivity index (χ0v) is 19.7. The summed E-state index contributed by atoms with van der Waals surface area (Å²) in [6.45, 7) is 4.39. The third-order valence-electron chi connectivity index (χ3n) is 7.99. The first-order valence-electron chi connectivity index (χ1n) is 12.8. The monoisotopic (exact) mass is 440 g/mol. The van der Waals surface area contributed by atoms with Crippen LogP contribution >= 0.6 is 0 Å². The van der Waals surface area contributed by atoms with Gasteiger partial charge in [-0.25, -0.2) is 4.39 Å². The van der Waals surface area contributed by atoms with E-state index in [2.05, 4.69) is 13.0 Å². The standard InChI is InChI=1S/C29H38F2O/c1-3-5-7-8-20-9-10-22-17-23(12-11-21(22)16-20)24-13-14-25-19-27(32-15-6-4-2)29(31)28(30)26(25)18-24/h4,6,13-14,18-23H,3,5,7-12,15-17H2,1-2H3/b6-4+/t20?,21-,22?,23-/m1/s1. The number of unbranched alkanes of at least 4 members (excludes halogenated alkanes) is 2. The largest absolute Gasteiger partial charge is 0.486 e. The van der Waals surface area contributed by atoms with Gasteiger partial charge in [0, 0.05) is 5.39 Å². The third kappa shape index (κ3) is 5.18. The quantitative estimate of drug-likeness (QED) is 0.294. The molecule has 174 valence electrons. The lowest BCUT2D eigenvalue weighted by atomic mass is 9.63. The van der Waals surface area contributed by atoms with Crippen molar-refractivity contribution in [2.45, 2.75) is 84.0 Å². The normalized spacial score (nSPS) is 25.9. The number of benzene rings is 2. The maximum atomic E-state index is 14.9. The predicted molar refractivity (Wildman–Crippen MR) is 129 cm³/mol. The molecule has 2 saturated carbocycles. The summed E-state index contributed by atoms with van der Waals surface area (Å²) >= 11 is 0. The van der Waals surface area contributed by atoms with Gasteiger partial charge in [0.1, 0.15) is 6.61 Å². The summed E-state index contributed by atoms with van der Waals surface area (Å²) in [6, 6.07) is 7.58. The fourth-order valence-electron chi connectivity index (χ4n) is 6.15. The van der Waals surface area contributed by atoms with Crippen LogP contribution in [0.3, 0.4) is 0 Å². The number of fused-ring (bicyclic) bond motifs is 2. The first kappa shape index (κ1) is 23.3. The van der Waals surface area contributed by atoms with Crippen molar-refractivity contribution in [1.82, 2.24) is 0 Å². The molecular formula is C29H38F2O. The Kier molecular flexibility index (Phi) is 7.86. The molecule has 0 radical (unpaired) electrons. The summed E-state index contributed by atoms with van der Waals surface area (Å²) in [5, 5.41) is 1.07. The molecule has 2 aromatic carbocycles. The van der Waals surface area contributed by atoms with E-state index in [1.165, 1.54) is 69.8 Å². The molecule has 0 aliphatic heterocycles. The Morgan fingerprint density at radius 2 is 1.78 bits per heavy atom. The van der Waals surface area contributed by atoms with Crippen LogP contribution in [0.1, 0.15) is 89.5 Å². The Morgan fingerprint density at radius 3 is 2.59 bits per heavy atom. The summed E-state index contributed by atoms with van der Waals surface area (Å²) < 4.78 is 34.9. The van der Waals surface area contributed by atoms with E-state index in [-0.39, 0.29) is 12.4 Å². The number of rotatable bonds is 8. The minimum absolute atomic E-state index is 0.0166. The van der Waals surface area contributed by atoms with Gasteiger partial charge in [0.2, 0.25) is 5.82 Å². The highest BCUT2D eigenvalue weighted by molar-refractivity contribution is 5.85. The fourth-order valence-corrected chi connectivity index (χ4v) is 6.15. The second kappa shape index (κ2) is 10.8. The molecule has 0 N–H and O–H groups in total. The first-order valence-corrected chi connectivity index (χ1v) is 12.8. The molecule has 3 heteroatoms. The topological polar surface area (TPSA) is 9.23 Å². The fraction of sp³-hybridized carbons (Fsp3) is 0.586. The lowest BCUT2D eigenvalue weighted by Gasteiger charge is -2.42. The van der Waals surface area contributed by atoms with Gasteiger partial charge in [0.05, 0.1) is 0 Å². The molecule has 4 atom stereocenters. The molecule has 0 saturated heterocycles. The highest BCUT2D eigenvalue weighted by Gasteiger charge is 2.35. The summed E-state index contributed by atoms with van der Waals surface area (Å²) in [7, 11) is 0. The molecule has 0 aromatic heterocycles. The molecule has 2 aromatic rings. The average Bonchev–Trinajstić information content (AvgIpc) is 2.82. The Bertz CT molecular complexity index is 934. The van der Waals surface area contributed by atoms with Crippen LogP contribution in [0.15, 0.2) is 36.4 Å². The van der Waals surface area contributed by atoms with E-state index in [1.807, 2.05) is 25.1 Å². The number of allylic oxidation sites excluding steroid dienone is 1. The second-order valence-electron chi connectivity index (χ2n) is 10.1. The van der Waals surface area contributed by atoms with Crippen molar-refractivity contribution in [2.75, 3.05) is 6.61 Å². The maximum Gasteiger partial charge on any atom is 0.201 e. The lowest BCUT2D eigenvalue weighted by Crippen LogP contribution is -2.30. The molecule has 2 aliphatic carbocycles. The summed E-state index contributed by atoms with van der Waals surface area (Å²) in [5.74, 6) is 1.38. The highest BCUT2D eigenvalue weighted by Crippen LogP contribution is 2.48. The van der Waals surface area contributed by atoms with E-state index < -0.39 is 11.6 Å². The van der Waals surface area contributed by atoms with Gasteiger partial charge in [0.15, 0.2) is 11.6 Å². The van der Waals surface area contributed by atoms with E-state index in [0.29, 0.717) is 16.7 Å². The van der Waals surface area contributed by atoms with Crippen LogP contribution in [0, 0.1) is 29.4 Å². The van der Waals surface area contributed by atoms with Crippen molar-refractivity contribution < 1.29 is 13.5 Å². The SMILES string of the molecule is C/C=C/COc1cc2ccc([C@@H]3CC[C@@H]4CC(CCCCC)CCC4C3)cc2c(F)c1F. The molecule has 1 nitrogen and oxygen atoms in total. The minimum atomic E-state index is -0.885. The number of halogens is 2. The molecule has 0 spiro atoms. The van der Waals surface area contributed by atoms with Crippen molar-refractivity contribution in [3.63, 3.8) is 0 Å². The van der Waals surface area contributed by atoms with E-state index in [9.17, 15) is 8.78 Å².